The van der Waals surface area contributed by atoms with Crippen LogP contribution in [0.3, 0.4) is 0 Å². The van der Waals surface area contributed by atoms with Gasteiger partial charge in [-0.3, -0.25) is 4.79 Å². The van der Waals surface area contributed by atoms with Crippen molar-refractivity contribution in [3.8, 4) is 17.2 Å². The van der Waals surface area contributed by atoms with Crippen LogP contribution in [0.1, 0.15) is 11.1 Å². The lowest BCUT2D eigenvalue weighted by molar-refractivity contribution is -0.121. The Morgan fingerprint density at radius 1 is 1.07 bits per heavy atom. The number of benzene rings is 2. The number of aryl methyl sites for hydroxylation is 1. The number of carbonyl (C=O) groups is 1. The third kappa shape index (κ3) is 5.49. The van der Waals surface area contributed by atoms with Crippen LogP contribution >= 0.6 is 0 Å². The molecular weight excluding hydrogens is 410 g/mol. The fourth-order valence-corrected chi connectivity index (χ4v) is 3.84. The molecule has 2 aromatic rings. The summed E-state index contributed by atoms with van der Waals surface area (Å²) in [7, 11) is 2.03. The molecule has 0 saturated carbocycles. The highest BCUT2D eigenvalue weighted by atomic mass is 32.2. The number of rotatable bonds is 9. The van der Waals surface area contributed by atoms with E-state index < -0.39 is 22.5 Å². The predicted molar refractivity (Wildman–Crippen MR) is 113 cm³/mol. The molecule has 0 fully saturated rings. The molecular formula is C20H25N3O6S. The van der Waals surface area contributed by atoms with Gasteiger partial charge in [-0.25, -0.2) is 13.8 Å². The lowest BCUT2D eigenvalue weighted by Gasteiger charge is -2.17. The minimum Gasteiger partial charge on any atom is -0.497 e. The van der Waals surface area contributed by atoms with E-state index >= 15 is 0 Å². The quantitative estimate of drug-likeness (QED) is 0.475. The second-order valence-corrected chi connectivity index (χ2v) is 8.34. The van der Waals surface area contributed by atoms with E-state index in [0.717, 1.165) is 4.31 Å². The van der Waals surface area contributed by atoms with Crippen LogP contribution in [0.25, 0.3) is 0 Å². The van der Waals surface area contributed by atoms with Crippen LogP contribution in [-0.2, 0) is 14.8 Å². The number of ether oxygens (including phenoxy) is 3. The molecule has 1 amide bonds. The number of hydrogen-bond acceptors (Lipinski definition) is 7. The molecule has 0 spiro atoms. The number of amides is 1. The van der Waals surface area contributed by atoms with Gasteiger partial charge >= 0.3 is 0 Å². The van der Waals surface area contributed by atoms with Crippen LogP contribution in [-0.4, -0.2) is 59.8 Å². The van der Waals surface area contributed by atoms with Crippen LogP contribution in [0.2, 0.25) is 0 Å². The Balaban J connectivity index is 2.05. The highest BCUT2D eigenvalue weighted by Crippen LogP contribution is 2.23. The van der Waals surface area contributed by atoms with E-state index in [9.17, 15) is 13.2 Å². The van der Waals surface area contributed by atoms with Crippen molar-refractivity contribution >= 4 is 22.1 Å². The predicted octanol–water partition coefficient (Wildman–Crippen LogP) is 1.79. The third-order valence-corrected chi connectivity index (χ3v) is 6.07. The summed E-state index contributed by atoms with van der Waals surface area (Å²) < 4.78 is 41.9. The summed E-state index contributed by atoms with van der Waals surface area (Å²) in [5.74, 6) is 1.13. The van der Waals surface area contributed by atoms with Gasteiger partial charge in [-0.05, 0) is 48.9 Å². The van der Waals surface area contributed by atoms with Gasteiger partial charge in [0.25, 0.3) is 5.91 Å². The van der Waals surface area contributed by atoms with Crippen molar-refractivity contribution in [2.24, 2.45) is 5.10 Å². The molecule has 0 aliphatic rings. The van der Waals surface area contributed by atoms with Crippen molar-refractivity contribution in [2.45, 2.75) is 11.8 Å². The number of nitrogens with zero attached hydrogens (tertiary/aromatic N) is 2. The molecule has 2 rings (SSSR count). The maximum absolute atomic E-state index is 12.7. The van der Waals surface area contributed by atoms with Crippen LogP contribution in [0, 0.1) is 6.92 Å². The molecule has 0 aromatic heterocycles. The zero-order chi connectivity index (χ0) is 22.3. The molecule has 0 bridgehead atoms. The molecule has 0 aliphatic heterocycles. The van der Waals surface area contributed by atoms with Crippen molar-refractivity contribution in [1.29, 1.82) is 0 Å². The number of nitrogens with one attached hydrogen (secondary N) is 1. The molecule has 0 saturated heterocycles. The first-order valence-electron chi connectivity index (χ1n) is 8.87. The first kappa shape index (κ1) is 23.2. The normalized spacial score (nSPS) is 11.5. The Morgan fingerprint density at radius 3 is 2.33 bits per heavy atom. The van der Waals surface area contributed by atoms with E-state index in [-0.39, 0.29) is 4.90 Å². The zero-order valence-corrected chi connectivity index (χ0v) is 18.3. The van der Waals surface area contributed by atoms with Gasteiger partial charge in [0.15, 0.2) is 0 Å². The second kappa shape index (κ2) is 10.1. The summed E-state index contributed by atoms with van der Waals surface area (Å²) in [4.78, 5) is 12.2. The molecule has 0 aliphatic carbocycles. The highest BCUT2D eigenvalue weighted by molar-refractivity contribution is 7.89. The monoisotopic (exact) mass is 435 g/mol. The lowest BCUT2D eigenvalue weighted by atomic mass is 10.2. The Labute approximate surface area is 176 Å². The van der Waals surface area contributed by atoms with Gasteiger partial charge < -0.3 is 14.2 Å². The van der Waals surface area contributed by atoms with Crippen molar-refractivity contribution in [3.63, 3.8) is 0 Å². The molecule has 1 N–H and O–H groups in total. The van der Waals surface area contributed by atoms with Crippen molar-refractivity contribution in [3.05, 3.63) is 47.5 Å². The Morgan fingerprint density at radius 2 is 1.73 bits per heavy atom. The second-order valence-electron chi connectivity index (χ2n) is 6.29. The first-order chi connectivity index (χ1) is 14.2. The number of hydrazone groups is 1. The summed E-state index contributed by atoms with van der Waals surface area (Å²) >= 11 is 0. The van der Waals surface area contributed by atoms with Gasteiger partial charge in [-0.1, -0.05) is 0 Å². The smallest absolute Gasteiger partial charge is 0.255 e. The van der Waals surface area contributed by atoms with Gasteiger partial charge in [0.2, 0.25) is 10.0 Å². The summed E-state index contributed by atoms with van der Waals surface area (Å²) in [5.41, 5.74) is 3.58. The summed E-state index contributed by atoms with van der Waals surface area (Å²) in [6.07, 6.45) is 1.39. The minimum absolute atomic E-state index is 0.0701. The van der Waals surface area contributed by atoms with Crippen LogP contribution in [0.4, 0.5) is 0 Å². The van der Waals surface area contributed by atoms with Crippen LogP contribution in [0.5, 0.6) is 17.2 Å². The zero-order valence-electron chi connectivity index (χ0n) is 17.5. The van der Waals surface area contributed by atoms with E-state index in [1.165, 1.54) is 46.7 Å². The molecule has 30 heavy (non-hydrogen) atoms. The number of carbonyl (C=O) groups excluding carboxylic acids is 1. The van der Waals surface area contributed by atoms with Crippen LogP contribution < -0.4 is 19.6 Å². The van der Waals surface area contributed by atoms with E-state index in [4.69, 9.17) is 14.2 Å². The standard InChI is InChI=1S/C20H25N3O6S/c1-14-10-17(7-9-18(14)28-4)30(25,26)23(2)13-20(24)22-21-12-15-11-16(27-3)6-8-19(15)29-5/h6-12H,13H2,1-5H3,(H,22,24). The lowest BCUT2D eigenvalue weighted by Crippen LogP contribution is -2.36. The topological polar surface area (TPSA) is 107 Å². The van der Waals surface area contributed by atoms with E-state index in [1.807, 2.05) is 0 Å². The Bertz CT molecular complexity index is 1040. The average Bonchev–Trinajstić information content (AvgIpc) is 2.73. The molecule has 162 valence electrons. The van der Waals surface area contributed by atoms with Crippen molar-refractivity contribution in [1.82, 2.24) is 9.73 Å². The fourth-order valence-electron chi connectivity index (χ4n) is 2.63. The van der Waals surface area contributed by atoms with E-state index in [2.05, 4.69) is 10.5 Å². The van der Waals surface area contributed by atoms with Crippen molar-refractivity contribution < 1.29 is 27.4 Å². The van der Waals surface area contributed by atoms with E-state index in [0.29, 0.717) is 28.4 Å². The van der Waals surface area contributed by atoms with E-state index in [1.54, 1.807) is 31.2 Å². The Hall–Kier alpha value is -3.11. The molecule has 0 heterocycles. The largest absolute Gasteiger partial charge is 0.497 e. The summed E-state index contributed by atoms with van der Waals surface area (Å²) in [6, 6.07) is 9.63. The van der Waals surface area contributed by atoms with Gasteiger partial charge in [0.05, 0.1) is 39.0 Å². The number of likely N-dealkylation sites (N-methyl/N-ethyl adjacent to an activating group) is 1. The molecule has 9 nitrogen and oxygen atoms in total. The SMILES string of the molecule is COc1ccc(OC)c(C=NNC(=O)CN(C)S(=O)(=O)c2ccc(OC)c(C)c2)c1. The summed E-state index contributed by atoms with van der Waals surface area (Å²) in [5, 5.41) is 3.87. The average molecular weight is 436 g/mol. The van der Waals surface area contributed by atoms with Gasteiger partial charge in [0.1, 0.15) is 17.2 Å². The first-order valence-corrected chi connectivity index (χ1v) is 10.3. The third-order valence-electron chi connectivity index (χ3n) is 4.27. The van der Waals surface area contributed by atoms with Gasteiger partial charge in [-0.2, -0.15) is 9.41 Å². The fraction of sp³-hybridized carbons (Fsp3) is 0.300. The number of hydrogen-bond donors (Lipinski definition) is 1. The van der Waals surface area contributed by atoms with Crippen molar-refractivity contribution in [2.75, 3.05) is 34.9 Å². The summed E-state index contributed by atoms with van der Waals surface area (Å²) in [6.45, 7) is 1.34. The Kier molecular flexibility index (Phi) is 7.79. The molecule has 0 unspecified atom stereocenters. The molecule has 2 aromatic carbocycles. The molecule has 0 atom stereocenters. The maximum Gasteiger partial charge on any atom is 0.255 e. The molecule has 10 heteroatoms. The van der Waals surface area contributed by atoms with Gasteiger partial charge in [-0.15, -0.1) is 0 Å². The maximum atomic E-state index is 12.7. The molecule has 0 radical (unpaired) electrons. The number of sulfonamides is 1. The van der Waals surface area contributed by atoms with Crippen LogP contribution in [0.15, 0.2) is 46.4 Å². The number of methoxy groups -OCH3 is 3. The van der Waals surface area contributed by atoms with Gasteiger partial charge in [0, 0.05) is 12.6 Å². The minimum atomic E-state index is -3.85. The highest BCUT2D eigenvalue weighted by Gasteiger charge is 2.23.